The lowest BCUT2D eigenvalue weighted by atomic mass is 10.0. The number of aromatic nitrogens is 4. The molecule has 2 saturated heterocycles. The second kappa shape index (κ2) is 8.09. The Labute approximate surface area is 153 Å². The molecule has 0 spiro atoms. The molecule has 140 valence electrons. The van der Waals surface area contributed by atoms with Gasteiger partial charge < -0.3 is 14.6 Å². The first-order valence-corrected chi connectivity index (χ1v) is 9.44. The first kappa shape index (κ1) is 17.4. The third kappa shape index (κ3) is 4.37. The number of piperidine rings is 1. The molecule has 8 heteroatoms. The maximum absolute atomic E-state index is 5.49. The zero-order valence-corrected chi connectivity index (χ0v) is 15.2. The van der Waals surface area contributed by atoms with E-state index in [1.54, 1.807) is 6.33 Å². The highest BCUT2D eigenvalue weighted by Gasteiger charge is 2.24. The van der Waals surface area contributed by atoms with Gasteiger partial charge in [-0.05, 0) is 32.6 Å². The van der Waals surface area contributed by atoms with E-state index in [-0.39, 0.29) is 0 Å². The van der Waals surface area contributed by atoms with Gasteiger partial charge in [-0.25, -0.2) is 9.97 Å². The van der Waals surface area contributed by atoms with Crippen molar-refractivity contribution in [3.05, 3.63) is 29.8 Å². The zero-order valence-electron chi connectivity index (χ0n) is 15.2. The summed E-state index contributed by atoms with van der Waals surface area (Å²) in [6.45, 7) is 6.34. The molecule has 0 aliphatic carbocycles. The van der Waals surface area contributed by atoms with Crippen molar-refractivity contribution in [1.29, 1.82) is 0 Å². The first-order valence-electron chi connectivity index (χ1n) is 9.44. The lowest BCUT2D eigenvalue weighted by Crippen LogP contribution is -2.39. The van der Waals surface area contributed by atoms with Crippen LogP contribution in [0.15, 0.2) is 16.9 Å². The van der Waals surface area contributed by atoms with E-state index in [1.165, 1.54) is 0 Å². The summed E-state index contributed by atoms with van der Waals surface area (Å²) in [5, 5.41) is 7.69. The highest BCUT2D eigenvalue weighted by Crippen LogP contribution is 2.25. The molecule has 0 bridgehead atoms. The number of aryl methyl sites for hydroxylation is 1. The molecule has 0 atom stereocenters. The molecule has 2 aliphatic rings. The van der Waals surface area contributed by atoms with Gasteiger partial charge in [0.2, 0.25) is 5.89 Å². The molecular weight excluding hydrogens is 332 g/mol. The van der Waals surface area contributed by atoms with Gasteiger partial charge in [-0.15, -0.1) is 0 Å². The van der Waals surface area contributed by atoms with Crippen molar-refractivity contribution >= 4 is 5.82 Å². The molecule has 0 amide bonds. The normalized spacial score (nSPS) is 20.3. The molecule has 0 saturated carbocycles. The summed E-state index contributed by atoms with van der Waals surface area (Å²) >= 11 is 0. The molecule has 2 fully saturated rings. The molecule has 0 unspecified atom stereocenters. The predicted molar refractivity (Wildman–Crippen MR) is 95.8 cm³/mol. The molecule has 4 rings (SSSR count). The highest BCUT2D eigenvalue weighted by atomic mass is 16.5. The fraction of sp³-hybridized carbons (Fsp3) is 0.667. The van der Waals surface area contributed by atoms with E-state index in [9.17, 15) is 0 Å². The van der Waals surface area contributed by atoms with Gasteiger partial charge >= 0.3 is 0 Å². The van der Waals surface area contributed by atoms with Crippen molar-refractivity contribution in [1.82, 2.24) is 25.0 Å². The van der Waals surface area contributed by atoms with Crippen LogP contribution in [0.1, 0.15) is 49.0 Å². The Hall–Kier alpha value is -2.06. The Morgan fingerprint density at radius 3 is 2.73 bits per heavy atom. The van der Waals surface area contributed by atoms with Gasteiger partial charge in [0.1, 0.15) is 12.1 Å². The Morgan fingerprint density at radius 1 is 1.15 bits per heavy atom. The van der Waals surface area contributed by atoms with Gasteiger partial charge in [0, 0.05) is 50.0 Å². The number of nitrogens with zero attached hydrogens (tertiary/aromatic N) is 5. The van der Waals surface area contributed by atoms with Crippen LogP contribution in [0.3, 0.4) is 0 Å². The van der Waals surface area contributed by atoms with Crippen LogP contribution in [0.2, 0.25) is 0 Å². The fourth-order valence-corrected chi connectivity index (χ4v) is 3.62. The SMILES string of the molecule is Cc1cc(NC2CCN(Cc3noc(C4CCOCC4)n3)CC2)ncn1. The summed E-state index contributed by atoms with van der Waals surface area (Å²) in [5.74, 6) is 2.84. The Morgan fingerprint density at radius 2 is 1.96 bits per heavy atom. The molecular formula is C18H26N6O2. The average Bonchev–Trinajstić information content (AvgIpc) is 3.13. The molecule has 2 aromatic heterocycles. The number of ether oxygens (including phenoxy) is 1. The Kier molecular flexibility index (Phi) is 5.40. The van der Waals surface area contributed by atoms with Gasteiger partial charge in [-0.1, -0.05) is 5.16 Å². The number of anilines is 1. The molecule has 1 N–H and O–H groups in total. The maximum Gasteiger partial charge on any atom is 0.229 e. The van der Waals surface area contributed by atoms with Crippen molar-refractivity contribution in [3.8, 4) is 0 Å². The van der Waals surface area contributed by atoms with Crippen LogP contribution in [0.25, 0.3) is 0 Å². The van der Waals surface area contributed by atoms with E-state index in [1.807, 2.05) is 13.0 Å². The predicted octanol–water partition coefficient (Wildman–Crippen LogP) is 2.14. The van der Waals surface area contributed by atoms with Crippen LogP contribution in [-0.2, 0) is 11.3 Å². The third-order valence-electron chi connectivity index (χ3n) is 5.16. The van der Waals surface area contributed by atoms with Crippen LogP contribution < -0.4 is 5.32 Å². The Bertz CT molecular complexity index is 707. The monoisotopic (exact) mass is 358 g/mol. The van der Waals surface area contributed by atoms with Gasteiger partial charge in [-0.3, -0.25) is 4.90 Å². The van der Waals surface area contributed by atoms with Crippen LogP contribution in [0.5, 0.6) is 0 Å². The number of likely N-dealkylation sites (tertiary alicyclic amines) is 1. The molecule has 26 heavy (non-hydrogen) atoms. The second-order valence-corrected chi connectivity index (χ2v) is 7.17. The van der Waals surface area contributed by atoms with E-state index in [0.29, 0.717) is 12.0 Å². The minimum atomic E-state index is 0.358. The molecule has 0 aromatic carbocycles. The van der Waals surface area contributed by atoms with Crippen LogP contribution >= 0.6 is 0 Å². The summed E-state index contributed by atoms with van der Waals surface area (Å²) < 4.78 is 10.9. The van der Waals surface area contributed by atoms with Crippen molar-refractivity contribution in [3.63, 3.8) is 0 Å². The third-order valence-corrected chi connectivity index (χ3v) is 5.16. The Balaban J connectivity index is 1.25. The van der Waals surface area contributed by atoms with Crippen molar-refractivity contribution in [2.24, 2.45) is 0 Å². The number of hydrogen-bond donors (Lipinski definition) is 1. The van der Waals surface area contributed by atoms with Crippen LogP contribution in [-0.4, -0.2) is 57.4 Å². The average molecular weight is 358 g/mol. The van der Waals surface area contributed by atoms with Crippen molar-refractivity contribution < 1.29 is 9.26 Å². The number of rotatable bonds is 5. The van der Waals surface area contributed by atoms with Gasteiger partial charge in [0.05, 0.1) is 6.54 Å². The lowest BCUT2D eigenvalue weighted by molar-refractivity contribution is 0.0778. The van der Waals surface area contributed by atoms with E-state index in [2.05, 4.69) is 30.3 Å². The lowest BCUT2D eigenvalue weighted by Gasteiger charge is -2.31. The van der Waals surface area contributed by atoms with E-state index in [4.69, 9.17) is 9.26 Å². The van der Waals surface area contributed by atoms with Crippen molar-refractivity contribution in [2.45, 2.75) is 51.1 Å². The first-order chi connectivity index (χ1) is 12.8. The topological polar surface area (TPSA) is 89.2 Å². The summed E-state index contributed by atoms with van der Waals surface area (Å²) in [4.78, 5) is 15.4. The second-order valence-electron chi connectivity index (χ2n) is 7.17. The summed E-state index contributed by atoms with van der Waals surface area (Å²) in [6.07, 6.45) is 5.71. The van der Waals surface area contributed by atoms with Gasteiger partial charge in [0.25, 0.3) is 0 Å². The van der Waals surface area contributed by atoms with Gasteiger partial charge in [0.15, 0.2) is 5.82 Å². The molecule has 4 heterocycles. The fourth-order valence-electron chi connectivity index (χ4n) is 3.62. The molecule has 2 aliphatic heterocycles. The van der Waals surface area contributed by atoms with Crippen LogP contribution in [0, 0.1) is 6.92 Å². The summed E-state index contributed by atoms with van der Waals surface area (Å²) in [7, 11) is 0. The summed E-state index contributed by atoms with van der Waals surface area (Å²) in [6, 6.07) is 2.44. The van der Waals surface area contributed by atoms with E-state index >= 15 is 0 Å². The van der Waals surface area contributed by atoms with Crippen LogP contribution in [0.4, 0.5) is 5.82 Å². The molecule has 0 radical (unpaired) electrons. The minimum Gasteiger partial charge on any atom is -0.381 e. The smallest absolute Gasteiger partial charge is 0.229 e. The highest BCUT2D eigenvalue weighted by molar-refractivity contribution is 5.35. The molecule has 2 aromatic rings. The van der Waals surface area contributed by atoms with E-state index in [0.717, 1.165) is 81.8 Å². The van der Waals surface area contributed by atoms with Gasteiger partial charge in [-0.2, -0.15) is 4.98 Å². The zero-order chi connectivity index (χ0) is 17.8. The number of hydrogen-bond acceptors (Lipinski definition) is 8. The standard InChI is InChI=1S/C18H26N6O2/c1-13-10-16(20-12-19-13)21-15-2-6-24(7-3-15)11-17-22-18(26-23-17)14-4-8-25-9-5-14/h10,12,14-15H,2-9,11H2,1H3,(H,19,20,21). The van der Waals surface area contributed by atoms with E-state index < -0.39 is 0 Å². The number of nitrogens with one attached hydrogen (secondary N) is 1. The summed E-state index contributed by atoms with van der Waals surface area (Å²) in [5.41, 5.74) is 0.984. The largest absolute Gasteiger partial charge is 0.381 e. The van der Waals surface area contributed by atoms with Crippen molar-refractivity contribution in [2.75, 3.05) is 31.6 Å². The minimum absolute atomic E-state index is 0.358. The maximum atomic E-state index is 5.49. The quantitative estimate of drug-likeness (QED) is 0.869. The molecule has 8 nitrogen and oxygen atoms in total.